The van der Waals surface area contributed by atoms with Crippen LogP contribution >= 0.6 is 23.2 Å². The van der Waals surface area contributed by atoms with Gasteiger partial charge in [0.15, 0.2) is 6.61 Å². The van der Waals surface area contributed by atoms with Crippen LogP contribution in [0, 0.1) is 5.92 Å². The second-order valence-corrected chi connectivity index (χ2v) is 7.70. The quantitative estimate of drug-likeness (QED) is 0.389. The second-order valence-electron chi connectivity index (χ2n) is 6.89. The van der Waals surface area contributed by atoms with Crippen LogP contribution in [0.5, 0.6) is 5.75 Å². The van der Waals surface area contributed by atoms with Crippen LogP contribution in [0.1, 0.15) is 29.8 Å². The molecule has 0 spiro atoms. The first kappa shape index (κ1) is 24.2. The van der Waals surface area contributed by atoms with Crippen molar-refractivity contribution in [3.8, 4) is 5.75 Å². The number of hydrazone groups is 1. The van der Waals surface area contributed by atoms with Crippen LogP contribution in [0.25, 0.3) is 0 Å². The van der Waals surface area contributed by atoms with Gasteiger partial charge >= 0.3 is 0 Å². The molecular weight excluding hydrogens is 443 g/mol. The Hall–Kier alpha value is -3.10. The summed E-state index contributed by atoms with van der Waals surface area (Å²) in [5.74, 6) is -1.30. The van der Waals surface area contributed by atoms with Crippen molar-refractivity contribution in [1.82, 2.24) is 10.7 Å². The van der Waals surface area contributed by atoms with E-state index in [0.717, 1.165) is 0 Å². The van der Waals surface area contributed by atoms with E-state index in [2.05, 4.69) is 15.8 Å². The molecule has 0 bridgehead atoms. The van der Waals surface area contributed by atoms with Crippen molar-refractivity contribution in [2.24, 2.45) is 16.8 Å². The van der Waals surface area contributed by atoms with E-state index in [1.165, 1.54) is 24.4 Å². The first-order valence-corrected chi connectivity index (χ1v) is 10.0. The summed E-state index contributed by atoms with van der Waals surface area (Å²) >= 11 is 11.8. The van der Waals surface area contributed by atoms with Gasteiger partial charge in [0, 0.05) is 5.56 Å². The van der Waals surface area contributed by atoms with Crippen molar-refractivity contribution in [3.63, 3.8) is 0 Å². The van der Waals surface area contributed by atoms with Crippen LogP contribution in [0.3, 0.4) is 0 Å². The second kappa shape index (κ2) is 11.3. The highest BCUT2D eigenvalue weighted by molar-refractivity contribution is 6.42. The van der Waals surface area contributed by atoms with Crippen LogP contribution in [-0.2, 0) is 9.59 Å². The van der Waals surface area contributed by atoms with Crippen molar-refractivity contribution in [3.05, 3.63) is 63.6 Å². The molecule has 1 unspecified atom stereocenters. The molecule has 10 heteroatoms. The molecule has 8 nitrogen and oxygen atoms in total. The van der Waals surface area contributed by atoms with Crippen molar-refractivity contribution < 1.29 is 19.1 Å². The van der Waals surface area contributed by atoms with Crippen LogP contribution in [0.2, 0.25) is 10.0 Å². The molecule has 4 N–H and O–H groups in total. The Kier molecular flexibility index (Phi) is 8.84. The Morgan fingerprint density at radius 3 is 2.52 bits per heavy atom. The number of nitrogens with one attached hydrogen (secondary N) is 2. The lowest BCUT2D eigenvalue weighted by Gasteiger charge is -2.20. The minimum atomic E-state index is -0.829. The lowest BCUT2D eigenvalue weighted by molar-refractivity contribution is -0.124. The number of primary amides is 1. The molecular formula is C21H22Cl2N4O4. The standard InChI is InChI=1S/C21H22Cl2N4O4/c1-12(2)19(26-20(29)14-6-7-16(22)17(23)9-14)21(30)27-25-10-13-4-3-5-15(8-13)31-11-18(24)28/h3-10,12,19H,11H2,1-2H3,(H2,24,28)(H,26,29)(H,27,30)/b25-10+. The smallest absolute Gasteiger partial charge is 0.262 e. The number of nitrogens with two attached hydrogens (primary N) is 1. The minimum Gasteiger partial charge on any atom is -0.484 e. The Morgan fingerprint density at radius 2 is 1.87 bits per heavy atom. The normalized spacial score (nSPS) is 11.9. The number of rotatable bonds is 9. The van der Waals surface area contributed by atoms with Gasteiger partial charge in [-0.2, -0.15) is 5.10 Å². The fourth-order valence-electron chi connectivity index (χ4n) is 2.48. The molecule has 0 radical (unpaired) electrons. The van der Waals surface area contributed by atoms with Gasteiger partial charge in [-0.25, -0.2) is 5.43 Å². The maximum Gasteiger partial charge on any atom is 0.262 e. The average molecular weight is 465 g/mol. The molecule has 1 atom stereocenters. The third-order valence-corrected chi connectivity index (χ3v) is 4.78. The average Bonchev–Trinajstić information content (AvgIpc) is 2.72. The van der Waals surface area contributed by atoms with Gasteiger partial charge < -0.3 is 15.8 Å². The largest absolute Gasteiger partial charge is 0.484 e. The zero-order valence-corrected chi connectivity index (χ0v) is 18.4. The summed E-state index contributed by atoms with van der Waals surface area (Å²) in [6.07, 6.45) is 1.41. The van der Waals surface area contributed by atoms with Gasteiger partial charge in [-0.3, -0.25) is 14.4 Å². The summed E-state index contributed by atoms with van der Waals surface area (Å²) in [4.78, 5) is 35.8. The van der Waals surface area contributed by atoms with E-state index in [0.29, 0.717) is 16.3 Å². The first-order valence-electron chi connectivity index (χ1n) is 9.27. The van der Waals surface area contributed by atoms with E-state index >= 15 is 0 Å². The van der Waals surface area contributed by atoms with Crippen LogP contribution in [0.15, 0.2) is 47.6 Å². The van der Waals surface area contributed by atoms with Crippen molar-refractivity contribution in [1.29, 1.82) is 0 Å². The fraction of sp³-hybridized carbons (Fsp3) is 0.238. The lowest BCUT2D eigenvalue weighted by Crippen LogP contribution is -2.48. The van der Waals surface area contributed by atoms with E-state index in [1.54, 1.807) is 38.1 Å². The molecule has 2 aromatic carbocycles. The Morgan fingerprint density at radius 1 is 1.13 bits per heavy atom. The number of hydrogen-bond acceptors (Lipinski definition) is 5. The summed E-state index contributed by atoms with van der Waals surface area (Å²) in [7, 11) is 0. The molecule has 31 heavy (non-hydrogen) atoms. The number of hydrogen-bond donors (Lipinski definition) is 3. The minimum absolute atomic E-state index is 0.201. The molecule has 2 rings (SSSR count). The highest BCUT2D eigenvalue weighted by Crippen LogP contribution is 2.22. The summed E-state index contributed by atoms with van der Waals surface area (Å²) in [5, 5.41) is 7.17. The molecule has 0 aromatic heterocycles. The highest BCUT2D eigenvalue weighted by Gasteiger charge is 2.24. The predicted octanol–water partition coefficient (Wildman–Crippen LogP) is 2.76. The number of halogens is 2. The van der Waals surface area contributed by atoms with Crippen molar-refractivity contribution >= 4 is 47.1 Å². The van der Waals surface area contributed by atoms with Gasteiger partial charge in [-0.15, -0.1) is 0 Å². The maximum absolute atomic E-state index is 12.5. The van der Waals surface area contributed by atoms with Crippen molar-refractivity contribution in [2.75, 3.05) is 6.61 Å². The van der Waals surface area contributed by atoms with E-state index in [1.807, 2.05) is 0 Å². The number of carbonyl (C=O) groups is 3. The number of ether oxygens (including phenoxy) is 1. The van der Waals surface area contributed by atoms with Gasteiger partial charge in [0.2, 0.25) is 0 Å². The zero-order valence-electron chi connectivity index (χ0n) is 16.9. The highest BCUT2D eigenvalue weighted by atomic mass is 35.5. The molecule has 0 fully saturated rings. The number of nitrogens with zero attached hydrogens (tertiary/aromatic N) is 1. The van der Waals surface area contributed by atoms with Gasteiger partial charge in [0.25, 0.3) is 17.7 Å². The lowest BCUT2D eigenvalue weighted by atomic mass is 10.0. The van der Waals surface area contributed by atoms with Gasteiger partial charge in [0.05, 0.1) is 16.3 Å². The molecule has 0 aliphatic heterocycles. The Bertz CT molecular complexity index is 995. The van der Waals surface area contributed by atoms with E-state index in [4.69, 9.17) is 33.7 Å². The monoisotopic (exact) mass is 464 g/mol. The third-order valence-electron chi connectivity index (χ3n) is 4.05. The molecule has 164 valence electrons. The van der Waals surface area contributed by atoms with Gasteiger partial charge in [-0.1, -0.05) is 49.2 Å². The SMILES string of the molecule is CC(C)C(NC(=O)c1ccc(Cl)c(Cl)c1)C(=O)N/N=C/c1cccc(OCC(N)=O)c1. The first-order chi connectivity index (χ1) is 14.7. The Balaban J connectivity index is 2.00. The predicted molar refractivity (Wildman–Crippen MR) is 119 cm³/mol. The number of amides is 3. The van der Waals surface area contributed by atoms with Crippen LogP contribution in [-0.4, -0.2) is 36.6 Å². The topological polar surface area (TPSA) is 123 Å². The molecule has 3 amide bonds. The molecule has 0 saturated carbocycles. The maximum atomic E-state index is 12.5. The molecule has 0 aliphatic carbocycles. The van der Waals surface area contributed by atoms with Crippen molar-refractivity contribution in [2.45, 2.75) is 19.9 Å². The summed E-state index contributed by atoms with van der Waals surface area (Å²) in [6, 6.07) is 10.4. The molecule has 0 heterocycles. The van der Waals surface area contributed by atoms with E-state index in [9.17, 15) is 14.4 Å². The van der Waals surface area contributed by atoms with Gasteiger partial charge in [0.1, 0.15) is 11.8 Å². The van der Waals surface area contributed by atoms with Gasteiger partial charge in [-0.05, 0) is 41.8 Å². The molecule has 2 aromatic rings. The molecule has 0 aliphatic rings. The van der Waals surface area contributed by atoms with Crippen LogP contribution in [0.4, 0.5) is 0 Å². The summed E-state index contributed by atoms with van der Waals surface area (Å²) in [5.41, 5.74) is 8.37. The molecule has 0 saturated heterocycles. The fourth-order valence-corrected chi connectivity index (χ4v) is 2.77. The van der Waals surface area contributed by atoms with E-state index in [-0.39, 0.29) is 23.1 Å². The summed E-state index contributed by atoms with van der Waals surface area (Å²) < 4.78 is 5.22. The summed E-state index contributed by atoms with van der Waals surface area (Å²) in [6.45, 7) is 3.34. The van der Waals surface area contributed by atoms with E-state index < -0.39 is 23.8 Å². The number of benzene rings is 2. The number of carbonyl (C=O) groups excluding carboxylic acids is 3. The third kappa shape index (κ3) is 7.58. The zero-order chi connectivity index (χ0) is 23.0. The Labute approximate surface area is 189 Å². The van der Waals surface area contributed by atoms with Crippen LogP contribution < -0.4 is 21.2 Å².